The highest BCUT2D eigenvalue weighted by atomic mass is 35.5. The van der Waals surface area contributed by atoms with E-state index in [1.54, 1.807) is 31.2 Å². The van der Waals surface area contributed by atoms with Crippen molar-refractivity contribution in [3.05, 3.63) is 62.7 Å². The second-order valence-electron chi connectivity index (χ2n) is 6.32. The maximum absolute atomic E-state index is 11.8. The van der Waals surface area contributed by atoms with E-state index in [1.165, 1.54) is 12.1 Å². The number of nitriles is 1. The van der Waals surface area contributed by atoms with Crippen LogP contribution in [0.25, 0.3) is 22.4 Å². The third kappa shape index (κ3) is 3.07. The van der Waals surface area contributed by atoms with Gasteiger partial charge in [0.2, 0.25) is 6.79 Å². The van der Waals surface area contributed by atoms with Crippen LogP contribution in [-0.2, 0) is 0 Å². The van der Waals surface area contributed by atoms with E-state index < -0.39 is 4.92 Å². The molecule has 9 heteroatoms. The van der Waals surface area contributed by atoms with Gasteiger partial charge in [0.05, 0.1) is 22.2 Å². The van der Waals surface area contributed by atoms with Gasteiger partial charge in [-0.05, 0) is 30.7 Å². The predicted molar refractivity (Wildman–Crippen MR) is 107 cm³/mol. The molecule has 144 valence electrons. The van der Waals surface area contributed by atoms with Crippen LogP contribution in [0.4, 0.5) is 11.5 Å². The number of hydrogen-bond acceptors (Lipinski definition) is 7. The Morgan fingerprint density at radius 2 is 2.00 bits per heavy atom. The van der Waals surface area contributed by atoms with Gasteiger partial charge in [0.15, 0.2) is 11.5 Å². The lowest BCUT2D eigenvalue weighted by Gasteiger charge is -2.15. The fourth-order valence-corrected chi connectivity index (χ4v) is 3.53. The maximum Gasteiger partial charge on any atom is 0.281 e. The lowest BCUT2D eigenvalue weighted by molar-refractivity contribution is -0.384. The molecule has 0 radical (unpaired) electrons. The lowest BCUT2D eigenvalue weighted by atomic mass is 9.91. The number of pyridine rings is 1. The number of rotatable bonds is 3. The minimum Gasteiger partial charge on any atom is -0.454 e. The number of anilines is 1. The SMILES string of the molecule is Cc1c(-c2cccc(Cl)c2)nc(N)c(C#N)c1-c1cc2c(cc1[N+](=O)[O-])OCO2. The third-order valence-corrected chi connectivity index (χ3v) is 4.87. The molecule has 0 saturated heterocycles. The van der Waals surface area contributed by atoms with E-state index in [2.05, 4.69) is 4.98 Å². The van der Waals surface area contributed by atoms with Gasteiger partial charge in [0.1, 0.15) is 17.5 Å². The molecule has 2 N–H and O–H groups in total. The lowest BCUT2D eigenvalue weighted by Crippen LogP contribution is -2.04. The van der Waals surface area contributed by atoms with Gasteiger partial charge >= 0.3 is 0 Å². The van der Waals surface area contributed by atoms with E-state index in [0.717, 1.165) is 0 Å². The maximum atomic E-state index is 11.8. The summed E-state index contributed by atoms with van der Waals surface area (Å²) < 4.78 is 10.6. The van der Waals surface area contributed by atoms with Crippen LogP contribution in [0.15, 0.2) is 36.4 Å². The molecular weight excluding hydrogens is 396 g/mol. The van der Waals surface area contributed by atoms with Crippen LogP contribution in [-0.4, -0.2) is 16.7 Å². The smallest absolute Gasteiger partial charge is 0.281 e. The van der Waals surface area contributed by atoms with Gasteiger partial charge in [-0.1, -0.05) is 23.7 Å². The van der Waals surface area contributed by atoms with Gasteiger partial charge < -0.3 is 15.2 Å². The Hall–Kier alpha value is -3.83. The van der Waals surface area contributed by atoms with Crippen LogP contribution in [0.5, 0.6) is 11.5 Å². The number of nitrogen functional groups attached to an aromatic ring is 1. The number of fused-ring (bicyclic) bond motifs is 1. The standard InChI is InChI=1S/C20H13ClN4O4/c1-10-18(13-6-16-17(29-9-28-16)7-15(13)25(26)27)14(8-22)20(23)24-19(10)11-3-2-4-12(21)5-11/h2-7H,9H2,1H3,(H2,23,24). The van der Waals surface area contributed by atoms with Crippen molar-refractivity contribution in [3.8, 4) is 40.0 Å². The van der Waals surface area contributed by atoms with Crippen LogP contribution >= 0.6 is 11.6 Å². The fourth-order valence-electron chi connectivity index (χ4n) is 3.34. The van der Waals surface area contributed by atoms with E-state index in [0.29, 0.717) is 33.2 Å². The molecule has 0 bridgehead atoms. The van der Waals surface area contributed by atoms with Crippen molar-refractivity contribution in [1.82, 2.24) is 4.98 Å². The first-order valence-corrected chi connectivity index (χ1v) is 8.83. The number of benzene rings is 2. The molecule has 1 aromatic heterocycles. The zero-order valence-corrected chi connectivity index (χ0v) is 15.9. The molecule has 0 aliphatic carbocycles. The van der Waals surface area contributed by atoms with Crippen molar-refractivity contribution >= 4 is 23.1 Å². The van der Waals surface area contributed by atoms with Crippen molar-refractivity contribution in [1.29, 1.82) is 5.26 Å². The highest BCUT2D eigenvalue weighted by Crippen LogP contribution is 2.46. The van der Waals surface area contributed by atoms with Crippen molar-refractivity contribution < 1.29 is 14.4 Å². The van der Waals surface area contributed by atoms with Crippen molar-refractivity contribution in [2.24, 2.45) is 0 Å². The zero-order valence-electron chi connectivity index (χ0n) is 15.1. The molecule has 4 rings (SSSR count). The van der Waals surface area contributed by atoms with E-state index in [4.69, 9.17) is 26.8 Å². The third-order valence-electron chi connectivity index (χ3n) is 4.64. The van der Waals surface area contributed by atoms with Gasteiger partial charge in [-0.3, -0.25) is 10.1 Å². The number of hydrogen-bond donors (Lipinski definition) is 1. The number of halogens is 1. The fraction of sp³-hybridized carbons (Fsp3) is 0.100. The van der Waals surface area contributed by atoms with Gasteiger partial charge in [-0.25, -0.2) is 4.98 Å². The first-order valence-electron chi connectivity index (χ1n) is 8.45. The summed E-state index contributed by atoms with van der Waals surface area (Å²) in [5.74, 6) is 0.595. The van der Waals surface area contributed by atoms with Crippen molar-refractivity contribution in [3.63, 3.8) is 0 Å². The molecule has 0 saturated carbocycles. The highest BCUT2D eigenvalue weighted by molar-refractivity contribution is 6.30. The average molecular weight is 409 g/mol. The summed E-state index contributed by atoms with van der Waals surface area (Å²) in [7, 11) is 0. The summed E-state index contributed by atoms with van der Waals surface area (Å²) in [6, 6.07) is 11.8. The molecule has 2 heterocycles. The summed E-state index contributed by atoms with van der Waals surface area (Å²) in [6.07, 6.45) is 0. The zero-order chi connectivity index (χ0) is 20.7. The summed E-state index contributed by atoms with van der Waals surface area (Å²) in [5.41, 5.74) is 8.12. The molecule has 1 aliphatic heterocycles. The summed E-state index contributed by atoms with van der Waals surface area (Å²) in [4.78, 5) is 15.6. The number of ether oxygens (including phenoxy) is 2. The van der Waals surface area contributed by atoms with Crippen LogP contribution < -0.4 is 15.2 Å². The Morgan fingerprint density at radius 3 is 2.66 bits per heavy atom. The molecule has 2 aromatic carbocycles. The number of aromatic nitrogens is 1. The molecule has 29 heavy (non-hydrogen) atoms. The molecule has 0 unspecified atom stereocenters. The Morgan fingerprint density at radius 1 is 1.28 bits per heavy atom. The number of nitrogens with two attached hydrogens (primary N) is 1. The topological polar surface area (TPSA) is 124 Å². The van der Waals surface area contributed by atoms with Crippen LogP contribution in [0.2, 0.25) is 5.02 Å². The molecule has 3 aromatic rings. The largest absolute Gasteiger partial charge is 0.454 e. The Kier molecular flexibility index (Phi) is 4.45. The van der Waals surface area contributed by atoms with E-state index in [1.807, 2.05) is 6.07 Å². The second kappa shape index (κ2) is 6.96. The first kappa shape index (κ1) is 18.5. The normalized spacial score (nSPS) is 11.9. The minimum atomic E-state index is -0.534. The molecule has 0 atom stereocenters. The average Bonchev–Trinajstić information content (AvgIpc) is 3.15. The monoisotopic (exact) mass is 408 g/mol. The summed E-state index contributed by atoms with van der Waals surface area (Å²) in [5, 5.41) is 22.0. The number of nitro benzene ring substituents is 1. The van der Waals surface area contributed by atoms with Crippen LogP contribution in [0.3, 0.4) is 0 Å². The predicted octanol–water partition coefficient (Wildman–Crippen LogP) is 4.47. The van der Waals surface area contributed by atoms with Crippen molar-refractivity contribution in [2.45, 2.75) is 6.92 Å². The van der Waals surface area contributed by atoms with Gasteiger partial charge in [0, 0.05) is 16.1 Å². The van der Waals surface area contributed by atoms with Crippen LogP contribution in [0, 0.1) is 28.4 Å². The second-order valence-corrected chi connectivity index (χ2v) is 6.76. The molecule has 0 fully saturated rings. The first-order chi connectivity index (χ1) is 13.9. The Balaban J connectivity index is 2.07. The van der Waals surface area contributed by atoms with Crippen molar-refractivity contribution in [2.75, 3.05) is 12.5 Å². The van der Waals surface area contributed by atoms with E-state index >= 15 is 0 Å². The van der Waals surface area contributed by atoms with Gasteiger partial charge in [-0.2, -0.15) is 5.26 Å². The van der Waals surface area contributed by atoms with E-state index in [9.17, 15) is 15.4 Å². The van der Waals surface area contributed by atoms with Gasteiger partial charge in [-0.15, -0.1) is 0 Å². The van der Waals surface area contributed by atoms with Crippen LogP contribution in [0.1, 0.15) is 11.1 Å². The summed E-state index contributed by atoms with van der Waals surface area (Å²) >= 11 is 6.10. The summed E-state index contributed by atoms with van der Waals surface area (Å²) in [6.45, 7) is 1.69. The Labute approximate surface area is 170 Å². The highest BCUT2D eigenvalue weighted by Gasteiger charge is 2.29. The molecule has 0 amide bonds. The molecule has 1 aliphatic rings. The molecular formula is C20H13ClN4O4. The quantitative estimate of drug-likeness (QED) is 0.500. The number of nitro groups is 1. The molecule has 0 spiro atoms. The van der Waals surface area contributed by atoms with Gasteiger partial charge in [0.25, 0.3) is 5.69 Å². The number of nitrogens with zero attached hydrogens (tertiary/aromatic N) is 3. The minimum absolute atomic E-state index is 0.0324. The van der Waals surface area contributed by atoms with E-state index in [-0.39, 0.29) is 35.2 Å². The molecule has 8 nitrogen and oxygen atoms in total. The Bertz CT molecular complexity index is 1220.